The molecule has 0 bridgehead atoms. The Labute approximate surface area is 159 Å². The predicted molar refractivity (Wildman–Crippen MR) is 103 cm³/mol. The first kappa shape index (κ1) is 22.7. The van der Waals surface area contributed by atoms with Crippen molar-refractivity contribution >= 4 is 47.7 Å². The lowest BCUT2D eigenvalue weighted by molar-refractivity contribution is -0.129. The molecule has 1 aromatic carbocycles. The maximum Gasteiger partial charge on any atom is 0.227 e. The number of nitrogens with zero attached hydrogens (tertiary/aromatic N) is 2. The van der Waals surface area contributed by atoms with Crippen LogP contribution in [0.3, 0.4) is 0 Å². The van der Waals surface area contributed by atoms with Crippen molar-refractivity contribution in [3.05, 3.63) is 45.9 Å². The molecule has 0 saturated carbocycles. The normalized spacial score (nSPS) is 11.1. The van der Waals surface area contributed by atoms with Gasteiger partial charge in [0.1, 0.15) is 11.1 Å². The third-order valence-electron chi connectivity index (χ3n) is 3.43. The average molecular weight is 392 g/mol. The molecule has 2 aromatic rings. The summed E-state index contributed by atoms with van der Waals surface area (Å²) in [6, 6.07) is 7.37. The Bertz CT molecular complexity index is 635. The SMILES string of the molecule is COC(C)c1nc(CN(C)C(=O)Cc2ccc(N)cc2)cs1.Cl.Cl. The van der Waals surface area contributed by atoms with Gasteiger partial charge in [-0.3, -0.25) is 4.79 Å². The van der Waals surface area contributed by atoms with Gasteiger partial charge in [0.2, 0.25) is 5.91 Å². The van der Waals surface area contributed by atoms with Gasteiger partial charge in [0.25, 0.3) is 0 Å². The van der Waals surface area contributed by atoms with Crippen molar-refractivity contribution in [3.63, 3.8) is 0 Å². The number of methoxy groups -OCH3 is 1. The van der Waals surface area contributed by atoms with E-state index < -0.39 is 0 Å². The molecule has 0 radical (unpaired) electrons. The number of ether oxygens (including phenoxy) is 1. The number of halogens is 2. The Morgan fingerprint density at radius 1 is 1.33 bits per heavy atom. The van der Waals surface area contributed by atoms with Crippen LogP contribution < -0.4 is 5.73 Å². The topological polar surface area (TPSA) is 68.5 Å². The van der Waals surface area contributed by atoms with E-state index in [1.807, 2.05) is 36.6 Å². The van der Waals surface area contributed by atoms with E-state index in [0.717, 1.165) is 16.3 Å². The summed E-state index contributed by atoms with van der Waals surface area (Å²) < 4.78 is 5.25. The summed E-state index contributed by atoms with van der Waals surface area (Å²) in [5.74, 6) is 0.0547. The summed E-state index contributed by atoms with van der Waals surface area (Å²) in [5.41, 5.74) is 8.19. The molecule has 2 rings (SSSR count). The van der Waals surface area contributed by atoms with Gasteiger partial charge in [-0.25, -0.2) is 4.98 Å². The molecular weight excluding hydrogens is 369 g/mol. The molecule has 134 valence electrons. The number of thiazole rings is 1. The highest BCUT2D eigenvalue weighted by atomic mass is 35.5. The molecule has 0 saturated heterocycles. The van der Waals surface area contributed by atoms with Crippen LogP contribution in [0.5, 0.6) is 0 Å². The van der Waals surface area contributed by atoms with Gasteiger partial charge >= 0.3 is 0 Å². The average Bonchev–Trinajstić information content (AvgIpc) is 2.97. The molecule has 8 heteroatoms. The van der Waals surface area contributed by atoms with E-state index in [4.69, 9.17) is 10.5 Å². The Kier molecular flexibility index (Phi) is 9.92. The Hall–Kier alpha value is -1.34. The van der Waals surface area contributed by atoms with Crippen LogP contribution in [0.4, 0.5) is 5.69 Å². The fraction of sp³-hybridized carbons (Fsp3) is 0.375. The van der Waals surface area contributed by atoms with E-state index in [2.05, 4.69) is 4.98 Å². The fourth-order valence-corrected chi connectivity index (χ4v) is 2.80. The van der Waals surface area contributed by atoms with Crippen molar-refractivity contribution in [2.45, 2.75) is 26.0 Å². The molecule has 0 spiro atoms. The van der Waals surface area contributed by atoms with Crippen LogP contribution in [-0.4, -0.2) is 29.9 Å². The van der Waals surface area contributed by atoms with Crippen molar-refractivity contribution in [3.8, 4) is 0 Å². The molecule has 0 aliphatic heterocycles. The molecule has 1 atom stereocenters. The summed E-state index contributed by atoms with van der Waals surface area (Å²) in [6.45, 7) is 2.46. The first-order valence-electron chi connectivity index (χ1n) is 7.05. The van der Waals surface area contributed by atoms with Gasteiger partial charge in [-0.15, -0.1) is 36.2 Å². The second-order valence-electron chi connectivity index (χ2n) is 5.22. The van der Waals surface area contributed by atoms with E-state index in [9.17, 15) is 4.79 Å². The smallest absolute Gasteiger partial charge is 0.227 e. The number of hydrogen-bond donors (Lipinski definition) is 1. The zero-order chi connectivity index (χ0) is 16.1. The van der Waals surface area contributed by atoms with E-state index in [-0.39, 0.29) is 36.8 Å². The van der Waals surface area contributed by atoms with Crippen LogP contribution in [0.25, 0.3) is 0 Å². The third-order valence-corrected chi connectivity index (χ3v) is 4.49. The van der Waals surface area contributed by atoms with Crippen LogP contribution >= 0.6 is 36.2 Å². The highest BCUT2D eigenvalue weighted by Crippen LogP contribution is 2.21. The van der Waals surface area contributed by atoms with Gasteiger partial charge in [-0.2, -0.15) is 0 Å². The largest absolute Gasteiger partial charge is 0.399 e. The van der Waals surface area contributed by atoms with Crippen molar-refractivity contribution < 1.29 is 9.53 Å². The molecule has 5 nitrogen and oxygen atoms in total. The summed E-state index contributed by atoms with van der Waals surface area (Å²) in [7, 11) is 3.45. The number of aromatic nitrogens is 1. The number of hydrogen-bond acceptors (Lipinski definition) is 5. The lowest BCUT2D eigenvalue weighted by Gasteiger charge is -2.16. The number of likely N-dealkylation sites (N-methyl/N-ethyl adjacent to an activating group) is 1. The van der Waals surface area contributed by atoms with Crippen molar-refractivity contribution in [2.24, 2.45) is 0 Å². The number of rotatable bonds is 6. The van der Waals surface area contributed by atoms with Gasteiger partial charge in [0, 0.05) is 25.2 Å². The zero-order valence-corrected chi connectivity index (χ0v) is 16.3. The second kappa shape index (κ2) is 10.5. The van der Waals surface area contributed by atoms with E-state index in [1.165, 1.54) is 0 Å². The number of carbonyl (C=O) groups is 1. The molecule has 24 heavy (non-hydrogen) atoms. The monoisotopic (exact) mass is 391 g/mol. The second-order valence-corrected chi connectivity index (χ2v) is 6.11. The number of amides is 1. The Morgan fingerprint density at radius 2 is 1.96 bits per heavy atom. The lowest BCUT2D eigenvalue weighted by Crippen LogP contribution is -2.27. The standard InChI is InChI=1S/C16H21N3O2S.2ClH/c1-11(21-3)16-18-14(10-22-16)9-19(2)15(20)8-12-4-6-13(17)7-5-12;;/h4-7,10-11H,8-9,17H2,1-3H3;2*1H. The molecule has 1 amide bonds. The highest BCUT2D eigenvalue weighted by molar-refractivity contribution is 7.09. The van der Waals surface area contributed by atoms with Gasteiger partial charge < -0.3 is 15.4 Å². The molecular formula is C16H23Cl2N3O2S. The van der Waals surface area contributed by atoms with Crippen LogP contribution in [-0.2, 0) is 22.5 Å². The minimum absolute atomic E-state index is 0. The third kappa shape index (κ3) is 6.28. The summed E-state index contributed by atoms with van der Waals surface area (Å²) >= 11 is 1.55. The quantitative estimate of drug-likeness (QED) is 0.765. The summed E-state index contributed by atoms with van der Waals surface area (Å²) in [4.78, 5) is 18.4. The Balaban J connectivity index is 0.00000264. The van der Waals surface area contributed by atoms with Crippen LogP contribution in [0.15, 0.2) is 29.6 Å². The van der Waals surface area contributed by atoms with Gasteiger partial charge in [0.15, 0.2) is 0 Å². The van der Waals surface area contributed by atoms with Gasteiger partial charge in [-0.05, 0) is 24.6 Å². The molecule has 1 unspecified atom stereocenters. The number of benzene rings is 1. The molecule has 2 N–H and O–H groups in total. The van der Waals surface area contributed by atoms with Crippen molar-refractivity contribution in [1.29, 1.82) is 0 Å². The predicted octanol–water partition coefficient (Wildman–Crippen LogP) is 3.48. The molecule has 0 aliphatic rings. The number of anilines is 1. The maximum atomic E-state index is 12.2. The molecule has 1 heterocycles. The van der Waals surface area contributed by atoms with Crippen LogP contribution in [0.1, 0.15) is 29.3 Å². The van der Waals surface area contributed by atoms with Crippen molar-refractivity contribution in [2.75, 3.05) is 19.9 Å². The first-order chi connectivity index (χ1) is 10.5. The van der Waals surface area contributed by atoms with E-state index >= 15 is 0 Å². The minimum atomic E-state index is -0.0189. The van der Waals surface area contributed by atoms with Crippen LogP contribution in [0.2, 0.25) is 0 Å². The number of carbonyl (C=O) groups excluding carboxylic acids is 1. The molecule has 1 aromatic heterocycles. The van der Waals surface area contributed by atoms with Crippen LogP contribution in [0, 0.1) is 0 Å². The lowest BCUT2D eigenvalue weighted by atomic mass is 10.1. The zero-order valence-electron chi connectivity index (χ0n) is 13.9. The minimum Gasteiger partial charge on any atom is -0.399 e. The molecule has 0 fully saturated rings. The Morgan fingerprint density at radius 3 is 2.54 bits per heavy atom. The van der Waals surface area contributed by atoms with Gasteiger partial charge in [-0.1, -0.05) is 12.1 Å². The number of nitrogens with two attached hydrogens (primary N) is 1. The van der Waals surface area contributed by atoms with Crippen molar-refractivity contribution in [1.82, 2.24) is 9.88 Å². The first-order valence-corrected chi connectivity index (χ1v) is 7.93. The van der Waals surface area contributed by atoms with E-state index in [1.54, 1.807) is 30.4 Å². The van der Waals surface area contributed by atoms with E-state index in [0.29, 0.717) is 18.7 Å². The number of nitrogen functional groups attached to an aromatic ring is 1. The summed E-state index contributed by atoms with van der Waals surface area (Å²) in [5, 5.41) is 2.90. The maximum absolute atomic E-state index is 12.2. The highest BCUT2D eigenvalue weighted by Gasteiger charge is 2.14. The van der Waals surface area contributed by atoms with Gasteiger partial charge in [0.05, 0.1) is 18.7 Å². The molecule has 0 aliphatic carbocycles. The summed E-state index contributed by atoms with van der Waals surface area (Å²) in [6.07, 6.45) is 0.344. The fourth-order valence-electron chi connectivity index (χ4n) is 1.96.